The normalized spacial score (nSPS) is 18.5. The van der Waals surface area contributed by atoms with Crippen LogP contribution in [0.5, 0.6) is 0 Å². The molecule has 8 rings (SSSR count). The average Bonchev–Trinajstić information content (AvgIpc) is 4.14. The van der Waals surface area contributed by atoms with Crippen molar-refractivity contribution in [3.63, 3.8) is 0 Å². The Morgan fingerprint density at radius 1 is 0.762 bits per heavy atom. The van der Waals surface area contributed by atoms with Gasteiger partial charge in [-0.25, -0.2) is 14.8 Å². The first-order chi connectivity index (χ1) is 30.6. The number of methoxy groups -OCH3 is 3. The summed E-state index contributed by atoms with van der Waals surface area (Å²) in [4.78, 5) is 59.6. The van der Waals surface area contributed by atoms with E-state index in [0.29, 0.717) is 36.9 Å². The number of aliphatic hydroxyl groups is 1. The quantitative estimate of drug-likeness (QED) is 0.0824. The summed E-state index contributed by atoms with van der Waals surface area (Å²) in [6, 6.07) is 27.7. The van der Waals surface area contributed by atoms with E-state index in [2.05, 4.69) is 69.1 Å². The van der Waals surface area contributed by atoms with Crippen molar-refractivity contribution >= 4 is 28.7 Å². The number of alkyl carbamates (subject to hydrolysis) is 1. The zero-order chi connectivity index (χ0) is 44.0. The predicted molar refractivity (Wildman–Crippen MR) is 235 cm³/mol. The van der Waals surface area contributed by atoms with Crippen molar-refractivity contribution < 1.29 is 38.4 Å². The third-order valence-electron chi connectivity index (χ3n) is 11.9. The van der Waals surface area contributed by atoms with Crippen molar-refractivity contribution in [3.8, 4) is 33.6 Å². The number of likely N-dealkylation sites (tertiary alicyclic amines) is 1. The molecule has 6 atom stereocenters. The molecule has 16 heteroatoms. The number of aliphatic hydroxyl groups excluding tert-OH is 1. The van der Waals surface area contributed by atoms with Gasteiger partial charge in [0, 0.05) is 32.9 Å². The summed E-state index contributed by atoms with van der Waals surface area (Å²) in [5, 5.41) is 17.9. The molecule has 2 aliphatic heterocycles. The minimum atomic E-state index is -1.33. The fraction of sp³-hybridized carbons (Fsp3) is 0.340. The zero-order valence-corrected chi connectivity index (χ0v) is 35.6. The van der Waals surface area contributed by atoms with Gasteiger partial charge in [0.2, 0.25) is 18.2 Å². The topological polar surface area (TPSA) is 196 Å². The molecule has 2 fully saturated rings. The molecule has 0 aliphatic carbocycles. The molecule has 4 aromatic carbocycles. The average molecular weight is 857 g/mol. The molecule has 63 heavy (non-hydrogen) atoms. The van der Waals surface area contributed by atoms with Crippen LogP contribution >= 0.6 is 0 Å². The van der Waals surface area contributed by atoms with Crippen molar-refractivity contribution in [1.29, 1.82) is 0 Å². The van der Waals surface area contributed by atoms with E-state index >= 15 is 0 Å². The van der Waals surface area contributed by atoms with Crippen molar-refractivity contribution in [2.24, 2.45) is 0 Å². The third-order valence-corrected chi connectivity index (χ3v) is 11.9. The van der Waals surface area contributed by atoms with Gasteiger partial charge in [0.1, 0.15) is 29.8 Å². The fourth-order valence-electron chi connectivity index (χ4n) is 8.36. The number of hydrogen-bond donors (Lipinski definition) is 5. The number of carbonyl (C=O) groups is 3. The predicted octanol–water partition coefficient (Wildman–Crippen LogP) is 5.86. The number of morpholine rings is 1. The number of ether oxygens (including phenoxy) is 4. The Morgan fingerprint density at radius 3 is 2.06 bits per heavy atom. The summed E-state index contributed by atoms with van der Waals surface area (Å²) in [6.07, 6.45) is 2.53. The number of carbonyl (C=O) groups excluding carboxylic acids is 3. The molecule has 0 spiro atoms. The van der Waals surface area contributed by atoms with Crippen LogP contribution in [0.15, 0.2) is 103 Å². The van der Waals surface area contributed by atoms with Gasteiger partial charge in [-0.15, -0.1) is 0 Å². The fourth-order valence-corrected chi connectivity index (χ4v) is 8.36. The number of aromatic amines is 2. The third kappa shape index (κ3) is 9.35. The van der Waals surface area contributed by atoms with Crippen LogP contribution in [0.2, 0.25) is 0 Å². The first kappa shape index (κ1) is 43.2. The number of rotatable bonds is 14. The van der Waals surface area contributed by atoms with Crippen molar-refractivity contribution in [1.82, 2.24) is 40.4 Å². The molecular weight excluding hydrogens is 805 g/mol. The smallest absolute Gasteiger partial charge is 0.407 e. The number of aromatic nitrogens is 4. The summed E-state index contributed by atoms with van der Waals surface area (Å²) in [6.45, 7) is 3.29. The van der Waals surface area contributed by atoms with E-state index in [9.17, 15) is 19.5 Å². The number of hydrogen-bond acceptors (Lipinski definition) is 11. The number of fused-ring (bicyclic) bond motifs is 1. The molecule has 3 amide bonds. The molecule has 2 aliphatic rings. The SMILES string of the molecule is COC(=O)NC(C(=O)N1CCCC1c1ncc(-c2ccc3cc(-c4ccc(-c5cnc(C6COCCN6C(=O)C(NC(O)OC)c6ccccc6)[nH]5)cc4)ccc3c2)[nH]1)C(C)OC. The van der Waals surface area contributed by atoms with E-state index in [1.165, 1.54) is 21.3 Å². The van der Waals surface area contributed by atoms with Crippen molar-refractivity contribution in [3.05, 3.63) is 121 Å². The highest BCUT2D eigenvalue weighted by atomic mass is 16.6. The maximum atomic E-state index is 14.1. The van der Waals surface area contributed by atoms with Gasteiger partial charge in [0.05, 0.1) is 56.3 Å². The number of H-pyrrole nitrogens is 2. The lowest BCUT2D eigenvalue weighted by molar-refractivity contribution is -0.150. The van der Waals surface area contributed by atoms with Crippen LogP contribution in [0.25, 0.3) is 44.4 Å². The van der Waals surface area contributed by atoms with E-state index in [-0.39, 0.29) is 24.5 Å². The summed E-state index contributed by atoms with van der Waals surface area (Å²) < 4.78 is 21.0. The van der Waals surface area contributed by atoms with Gasteiger partial charge in [-0.05, 0) is 64.9 Å². The minimum Gasteiger partial charge on any atom is -0.453 e. The van der Waals surface area contributed by atoms with Crippen LogP contribution < -0.4 is 10.6 Å². The molecule has 328 valence electrons. The molecule has 6 unspecified atom stereocenters. The first-order valence-corrected chi connectivity index (χ1v) is 21.0. The molecule has 0 saturated carbocycles. The van der Waals surface area contributed by atoms with Gasteiger partial charge in [-0.2, -0.15) is 0 Å². The Morgan fingerprint density at radius 2 is 1.38 bits per heavy atom. The van der Waals surface area contributed by atoms with E-state index in [1.807, 2.05) is 42.5 Å². The van der Waals surface area contributed by atoms with Crippen LogP contribution in [-0.4, -0.2) is 119 Å². The lowest BCUT2D eigenvalue weighted by Gasteiger charge is -2.37. The maximum Gasteiger partial charge on any atom is 0.407 e. The molecule has 6 aromatic rings. The van der Waals surface area contributed by atoms with Crippen LogP contribution in [0.4, 0.5) is 4.79 Å². The minimum absolute atomic E-state index is 0.226. The highest BCUT2D eigenvalue weighted by molar-refractivity contribution is 5.91. The number of amides is 3. The summed E-state index contributed by atoms with van der Waals surface area (Å²) >= 11 is 0. The van der Waals surface area contributed by atoms with Crippen molar-refractivity contribution in [2.75, 3.05) is 47.6 Å². The number of imidazole rings is 2. The second-order valence-corrected chi connectivity index (χ2v) is 15.7. The maximum absolute atomic E-state index is 14.1. The molecule has 4 heterocycles. The lowest BCUT2D eigenvalue weighted by Crippen LogP contribution is -2.54. The molecule has 5 N–H and O–H groups in total. The molecule has 0 radical (unpaired) electrons. The first-order valence-electron chi connectivity index (χ1n) is 21.0. The zero-order valence-electron chi connectivity index (χ0n) is 35.6. The van der Waals surface area contributed by atoms with E-state index in [0.717, 1.165) is 57.3 Å². The van der Waals surface area contributed by atoms with Gasteiger partial charge in [-0.3, -0.25) is 14.9 Å². The van der Waals surface area contributed by atoms with Crippen LogP contribution in [0, 0.1) is 0 Å². The number of nitrogens with zero attached hydrogens (tertiary/aromatic N) is 4. The summed E-state index contributed by atoms with van der Waals surface area (Å²) in [7, 11) is 4.13. The molecule has 16 nitrogen and oxygen atoms in total. The Bertz CT molecular complexity index is 2530. The second kappa shape index (κ2) is 19.3. The van der Waals surface area contributed by atoms with Gasteiger partial charge in [0.25, 0.3) is 0 Å². The van der Waals surface area contributed by atoms with Crippen molar-refractivity contribution in [2.45, 2.75) is 56.5 Å². The molecule has 2 saturated heterocycles. The van der Waals surface area contributed by atoms with E-state index in [4.69, 9.17) is 28.9 Å². The highest BCUT2D eigenvalue weighted by Crippen LogP contribution is 2.35. The van der Waals surface area contributed by atoms with Crippen LogP contribution in [0.3, 0.4) is 0 Å². The molecule has 0 bridgehead atoms. The monoisotopic (exact) mass is 856 g/mol. The van der Waals surface area contributed by atoms with Gasteiger partial charge in [0.15, 0.2) is 0 Å². The Balaban J connectivity index is 0.948. The molecule has 2 aromatic heterocycles. The lowest BCUT2D eigenvalue weighted by atomic mass is 9.98. The van der Waals surface area contributed by atoms with Crippen LogP contribution in [-0.2, 0) is 28.5 Å². The summed E-state index contributed by atoms with van der Waals surface area (Å²) in [5.74, 6) is 0.817. The van der Waals surface area contributed by atoms with Crippen LogP contribution in [0.1, 0.15) is 55.1 Å². The van der Waals surface area contributed by atoms with Gasteiger partial charge >= 0.3 is 6.09 Å². The van der Waals surface area contributed by atoms with Gasteiger partial charge < -0.3 is 49.1 Å². The Kier molecular flexibility index (Phi) is 13.3. The largest absolute Gasteiger partial charge is 0.453 e. The number of nitrogens with one attached hydrogen (secondary N) is 4. The Hall–Kier alpha value is -6.43. The second-order valence-electron chi connectivity index (χ2n) is 15.7. The van der Waals surface area contributed by atoms with E-state index in [1.54, 1.807) is 29.1 Å². The van der Waals surface area contributed by atoms with E-state index < -0.39 is 36.7 Å². The standard InChI is InChI=1S/C47H52N8O8/c1-28(60-2)40(52-46(58)61-3)44(56)54-20-8-11-38(54)42-48-26-37(51-42)35-19-18-33-23-32(16-17-34(33)24-35)29-12-14-30(15-13-29)36-25-49-43(50-36)39-27-63-22-21-55(39)45(57)41(53-47(59)62-4)31-9-6-5-7-10-31/h5-7,9-10,12-19,23-26,28,38-41,47,53,59H,8,11,20-22,27H2,1-4H3,(H,48,51)(H,49,50)(H,52,58). The summed E-state index contributed by atoms with van der Waals surface area (Å²) in [5.41, 5.74) is 6.38. The molecular formula is C47H52N8O8. The van der Waals surface area contributed by atoms with Gasteiger partial charge in [-0.1, -0.05) is 78.9 Å². The highest BCUT2D eigenvalue weighted by Gasteiger charge is 2.39. The number of benzene rings is 4. The Labute approximate surface area is 364 Å².